The highest BCUT2D eigenvalue weighted by Gasteiger charge is 2.37. The average Bonchev–Trinajstić information content (AvgIpc) is 2.89. The standard InChI is InChI=1S/C13H17F3N6/c1-12(5-2-6-17-7-12)8-18-9-3-4-10-19-20-11(13(14,15)16)22(10)21-9/h3-4,17H,2,5-8H2,1H3,(H,18,21). The second kappa shape index (κ2) is 5.38. The summed E-state index contributed by atoms with van der Waals surface area (Å²) in [7, 11) is 0. The lowest BCUT2D eigenvalue weighted by atomic mass is 9.83. The zero-order chi connectivity index (χ0) is 15.8. The van der Waals surface area contributed by atoms with Crippen molar-refractivity contribution >= 4 is 11.5 Å². The monoisotopic (exact) mass is 314 g/mol. The van der Waals surface area contributed by atoms with E-state index in [4.69, 9.17) is 0 Å². The summed E-state index contributed by atoms with van der Waals surface area (Å²) in [4.78, 5) is 0. The Morgan fingerprint density at radius 3 is 2.86 bits per heavy atom. The van der Waals surface area contributed by atoms with E-state index < -0.39 is 12.0 Å². The third-order valence-electron chi connectivity index (χ3n) is 3.90. The van der Waals surface area contributed by atoms with Crippen molar-refractivity contribution in [2.75, 3.05) is 25.0 Å². The van der Waals surface area contributed by atoms with Crippen LogP contribution in [0.5, 0.6) is 0 Å². The van der Waals surface area contributed by atoms with Crippen molar-refractivity contribution < 1.29 is 13.2 Å². The molecule has 6 nitrogen and oxygen atoms in total. The Bertz CT molecular complexity index is 659. The maximum Gasteiger partial charge on any atom is 0.453 e. The number of piperidine rings is 1. The first kappa shape index (κ1) is 15.0. The first-order valence-electron chi connectivity index (χ1n) is 7.12. The van der Waals surface area contributed by atoms with Gasteiger partial charge in [0.05, 0.1) is 0 Å². The van der Waals surface area contributed by atoms with Crippen molar-refractivity contribution in [2.45, 2.75) is 25.9 Å². The van der Waals surface area contributed by atoms with E-state index in [0.717, 1.165) is 30.4 Å². The summed E-state index contributed by atoms with van der Waals surface area (Å²) in [5, 5.41) is 17.1. The van der Waals surface area contributed by atoms with Crippen LogP contribution in [0.4, 0.5) is 19.0 Å². The molecule has 3 rings (SSSR count). The number of nitrogens with one attached hydrogen (secondary N) is 2. The first-order valence-corrected chi connectivity index (χ1v) is 7.12. The lowest BCUT2D eigenvalue weighted by Crippen LogP contribution is -2.42. The summed E-state index contributed by atoms with van der Waals surface area (Å²) in [6, 6.07) is 3.09. The summed E-state index contributed by atoms with van der Waals surface area (Å²) in [6.45, 7) is 4.67. The number of halogens is 3. The van der Waals surface area contributed by atoms with Gasteiger partial charge in [0.15, 0.2) is 5.65 Å². The largest absolute Gasteiger partial charge is 0.453 e. The van der Waals surface area contributed by atoms with E-state index in [0.29, 0.717) is 12.4 Å². The second-order valence-corrected chi connectivity index (χ2v) is 5.95. The van der Waals surface area contributed by atoms with Crippen LogP contribution in [-0.2, 0) is 6.18 Å². The number of hydrogen-bond donors (Lipinski definition) is 2. The highest BCUT2D eigenvalue weighted by atomic mass is 19.4. The highest BCUT2D eigenvalue weighted by molar-refractivity contribution is 5.44. The molecular weight excluding hydrogens is 297 g/mol. The molecule has 1 atom stereocenters. The van der Waals surface area contributed by atoms with Crippen molar-refractivity contribution in [1.29, 1.82) is 0 Å². The zero-order valence-corrected chi connectivity index (χ0v) is 12.1. The maximum absolute atomic E-state index is 12.8. The lowest BCUT2D eigenvalue weighted by Gasteiger charge is -2.34. The molecule has 120 valence electrons. The number of hydrogen-bond acceptors (Lipinski definition) is 5. The van der Waals surface area contributed by atoms with Crippen molar-refractivity contribution in [1.82, 2.24) is 25.1 Å². The van der Waals surface area contributed by atoms with Crippen LogP contribution in [0.3, 0.4) is 0 Å². The first-order chi connectivity index (χ1) is 10.4. The van der Waals surface area contributed by atoms with Gasteiger partial charge < -0.3 is 10.6 Å². The molecule has 0 radical (unpaired) electrons. The Balaban J connectivity index is 1.79. The smallest absolute Gasteiger partial charge is 0.368 e. The van der Waals surface area contributed by atoms with Crippen molar-refractivity contribution in [3.8, 4) is 0 Å². The van der Waals surface area contributed by atoms with Gasteiger partial charge in [0.2, 0.25) is 0 Å². The highest BCUT2D eigenvalue weighted by Crippen LogP contribution is 2.28. The predicted molar refractivity (Wildman–Crippen MR) is 74.5 cm³/mol. The van der Waals surface area contributed by atoms with Crippen LogP contribution in [0.2, 0.25) is 0 Å². The van der Waals surface area contributed by atoms with Gasteiger partial charge >= 0.3 is 6.18 Å². The molecule has 0 saturated carbocycles. The van der Waals surface area contributed by atoms with Gasteiger partial charge in [-0.25, -0.2) is 0 Å². The van der Waals surface area contributed by atoms with Crippen LogP contribution >= 0.6 is 0 Å². The van der Waals surface area contributed by atoms with E-state index in [1.807, 2.05) is 0 Å². The fraction of sp³-hybridized carbons (Fsp3) is 0.615. The third-order valence-corrected chi connectivity index (χ3v) is 3.90. The average molecular weight is 314 g/mol. The normalized spacial score (nSPS) is 22.9. The van der Waals surface area contributed by atoms with E-state index in [2.05, 4.69) is 32.9 Å². The summed E-state index contributed by atoms with van der Waals surface area (Å²) in [5.41, 5.74) is 0.137. The summed E-state index contributed by atoms with van der Waals surface area (Å²) < 4.78 is 39.2. The van der Waals surface area contributed by atoms with E-state index in [1.54, 1.807) is 6.07 Å². The molecule has 1 aliphatic heterocycles. The summed E-state index contributed by atoms with van der Waals surface area (Å²) >= 11 is 0. The molecule has 9 heteroatoms. The topological polar surface area (TPSA) is 67.1 Å². The fourth-order valence-corrected chi connectivity index (χ4v) is 2.63. The van der Waals surface area contributed by atoms with Crippen LogP contribution in [-0.4, -0.2) is 39.4 Å². The molecule has 2 N–H and O–H groups in total. The van der Waals surface area contributed by atoms with Gasteiger partial charge in [-0.1, -0.05) is 6.92 Å². The van der Waals surface area contributed by atoms with Crippen LogP contribution in [0.15, 0.2) is 12.1 Å². The molecule has 2 aromatic heterocycles. The predicted octanol–water partition coefficient (Wildman–Crippen LogP) is 1.94. The van der Waals surface area contributed by atoms with Crippen molar-refractivity contribution in [3.63, 3.8) is 0 Å². The van der Waals surface area contributed by atoms with Gasteiger partial charge in [0, 0.05) is 13.1 Å². The SMILES string of the molecule is CC1(CNc2ccc3nnc(C(F)(F)F)n3n2)CCCNC1. The molecule has 1 fully saturated rings. The van der Waals surface area contributed by atoms with Crippen LogP contribution in [0, 0.1) is 5.41 Å². The molecule has 0 aromatic carbocycles. The number of nitrogens with zero attached hydrogens (tertiary/aromatic N) is 4. The molecule has 1 unspecified atom stereocenters. The number of anilines is 1. The number of rotatable bonds is 3. The summed E-state index contributed by atoms with van der Waals surface area (Å²) in [6.07, 6.45) is -2.42. The molecule has 2 aromatic rings. The second-order valence-electron chi connectivity index (χ2n) is 5.95. The van der Waals surface area contributed by atoms with Crippen LogP contribution < -0.4 is 10.6 Å². The van der Waals surface area contributed by atoms with E-state index >= 15 is 0 Å². The fourth-order valence-electron chi connectivity index (χ4n) is 2.63. The molecule has 1 aliphatic rings. The molecule has 22 heavy (non-hydrogen) atoms. The van der Waals surface area contributed by atoms with Gasteiger partial charge in [-0.05, 0) is 36.9 Å². The number of fused-ring (bicyclic) bond motifs is 1. The van der Waals surface area contributed by atoms with E-state index in [9.17, 15) is 13.2 Å². The quantitative estimate of drug-likeness (QED) is 0.906. The van der Waals surface area contributed by atoms with Gasteiger partial charge in [-0.15, -0.1) is 15.3 Å². The molecule has 0 spiro atoms. The molecule has 3 heterocycles. The van der Waals surface area contributed by atoms with Gasteiger partial charge in [0.1, 0.15) is 5.82 Å². The van der Waals surface area contributed by atoms with Crippen molar-refractivity contribution in [2.24, 2.45) is 5.41 Å². The Morgan fingerprint density at radius 1 is 1.36 bits per heavy atom. The van der Waals surface area contributed by atoms with Crippen LogP contribution in [0.25, 0.3) is 5.65 Å². The van der Waals surface area contributed by atoms with E-state index in [-0.39, 0.29) is 11.1 Å². The van der Waals surface area contributed by atoms with Crippen molar-refractivity contribution in [3.05, 3.63) is 18.0 Å². The Kier molecular flexibility index (Phi) is 3.67. The minimum atomic E-state index is -4.58. The minimum absolute atomic E-state index is 0.0644. The molecule has 0 bridgehead atoms. The van der Waals surface area contributed by atoms with Crippen LogP contribution in [0.1, 0.15) is 25.6 Å². The Morgan fingerprint density at radius 2 is 2.18 bits per heavy atom. The zero-order valence-electron chi connectivity index (χ0n) is 12.1. The summed E-state index contributed by atoms with van der Waals surface area (Å²) in [5.74, 6) is -0.735. The minimum Gasteiger partial charge on any atom is -0.368 e. The number of aromatic nitrogens is 4. The Labute approximate surface area is 125 Å². The molecule has 1 saturated heterocycles. The Hall–Kier alpha value is -1.90. The van der Waals surface area contributed by atoms with E-state index in [1.165, 1.54) is 6.07 Å². The van der Waals surface area contributed by atoms with Gasteiger partial charge in [-0.2, -0.15) is 17.7 Å². The molecule has 0 amide bonds. The van der Waals surface area contributed by atoms with Gasteiger partial charge in [-0.3, -0.25) is 0 Å². The molecular formula is C13H17F3N6. The number of alkyl halides is 3. The molecule has 0 aliphatic carbocycles. The van der Waals surface area contributed by atoms with Gasteiger partial charge in [0.25, 0.3) is 5.82 Å². The maximum atomic E-state index is 12.8. The third kappa shape index (κ3) is 2.99. The lowest BCUT2D eigenvalue weighted by molar-refractivity contribution is -0.146.